The largest absolute Gasteiger partial charge is 0.478 e. The van der Waals surface area contributed by atoms with Crippen molar-refractivity contribution in [2.45, 2.75) is 119 Å². The van der Waals surface area contributed by atoms with E-state index in [0.717, 1.165) is 44.9 Å². The molecule has 6 rings (SSSR count). The molecule has 0 saturated heterocycles. The lowest BCUT2D eigenvalue weighted by Crippen LogP contribution is -2.67. The maximum atomic E-state index is 13.4. The number of fused-ring (bicyclic) bond motifs is 7. The quantitative estimate of drug-likeness (QED) is 0.249. The second kappa shape index (κ2) is 11.2. The van der Waals surface area contributed by atoms with Crippen LogP contribution in [0.15, 0.2) is 36.4 Å². The molecule has 46 heavy (non-hydrogen) atoms. The summed E-state index contributed by atoms with van der Waals surface area (Å²) in [7, 11) is 0. The zero-order chi connectivity index (χ0) is 33.4. The lowest BCUT2D eigenvalue weighted by atomic mass is 9.32. The van der Waals surface area contributed by atoms with Crippen molar-refractivity contribution in [2.75, 3.05) is 6.61 Å². The van der Waals surface area contributed by atoms with Crippen molar-refractivity contribution in [1.82, 2.24) is 0 Å². The summed E-state index contributed by atoms with van der Waals surface area (Å²) >= 11 is 0. The van der Waals surface area contributed by atoms with Gasteiger partial charge in [0, 0.05) is 17.8 Å². The first-order chi connectivity index (χ1) is 21.5. The van der Waals surface area contributed by atoms with Crippen molar-refractivity contribution >= 4 is 17.9 Å². The molecule has 6 heteroatoms. The summed E-state index contributed by atoms with van der Waals surface area (Å²) in [5.74, 6) is 0.625. The fraction of sp³-hybridized carbons (Fsp3) is 0.725. The lowest BCUT2D eigenvalue weighted by molar-refractivity contribution is -0.251. The Hall–Kier alpha value is -2.63. The number of carbonyl (C=O) groups excluding carboxylic acids is 2. The van der Waals surface area contributed by atoms with Gasteiger partial charge in [-0.3, -0.25) is 4.79 Å². The minimum atomic E-state index is -1.11. The zero-order valence-electron chi connectivity index (χ0n) is 29.2. The number of carbonyl (C=O) groups is 3. The summed E-state index contributed by atoms with van der Waals surface area (Å²) in [4.78, 5) is 37.2. The van der Waals surface area contributed by atoms with Crippen LogP contribution in [-0.2, 0) is 14.3 Å². The van der Waals surface area contributed by atoms with Gasteiger partial charge in [-0.05, 0) is 129 Å². The number of aromatic carboxylic acids is 1. The molecule has 1 N–H and O–H groups in total. The smallest absolute Gasteiger partial charge is 0.339 e. The highest BCUT2D eigenvalue weighted by atomic mass is 16.5. The Morgan fingerprint density at radius 3 is 2.17 bits per heavy atom. The van der Waals surface area contributed by atoms with E-state index in [2.05, 4.69) is 48.1 Å². The predicted octanol–water partition coefficient (Wildman–Crippen LogP) is 9.13. The van der Waals surface area contributed by atoms with Gasteiger partial charge < -0.3 is 14.6 Å². The summed E-state index contributed by atoms with van der Waals surface area (Å²) in [5.41, 5.74) is 1.74. The zero-order valence-corrected chi connectivity index (χ0v) is 29.2. The first kappa shape index (κ1) is 33.3. The van der Waals surface area contributed by atoms with Gasteiger partial charge in [-0.1, -0.05) is 58.9 Å². The molecule has 0 radical (unpaired) electrons. The fourth-order valence-electron chi connectivity index (χ4n) is 13.1. The summed E-state index contributed by atoms with van der Waals surface area (Å²) in [6, 6.07) is 6.37. The van der Waals surface area contributed by atoms with Crippen molar-refractivity contribution in [3.8, 4) is 0 Å². The highest BCUT2D eigenvalue weighted by Gasteiger charge is 2.71. The number of allylic oxidation sites excluding steroid dienone is 1. The van der Waals surface area contributed by atoms with Gasteiger partial charge in [-0.15, -0.1) is 0 Å². The Kier molecular flexibility index (Phi) is 8.12. The molecule has 10 atom stereocenters. The van der Waals surface area contributed by atoms with Crippen LogP contribution >= 0.6 is 0 Å². The summed E-state index contributed by atoms with van der Waals surface area (Å²) < 4.78 is 12.0. The molecule has 5 aliphatic carbocycles. The third-order valence-corrected chi connectivity index (χ3v) is 15.4. The standard InChI is InChI=1S/C40H56O6/c1-24(2)26-15-20-40(23-45-35(44)28-12-10-9-11-27(28)34(42)43)22-21-38(7)29(33(26)40)13-14-31-37(6)18-17-32(46-25(3)41)36(4,5)30(37)16-19-39(31,38)8/h9-12,26,29-33H,1,13-23H2,2-8H3,(H,42,43)/t26-,29+,30+,31+,32-,33-,37-,38-,39-,40+/m1/s1. The SMILES string of the molecule is C=C(C)[C@H]1CC[C@@]2(COC(=O)c3ccccc3C(=O)O)CC[C@]3(C)[C@@H](CC[C@H]4[C@]5(C)CC[C@@H](OC(C)=O)C(C)(C)[C@@H]5CC[C@]43C)[C@@H]12. The molecule has 0 heterocycles. The monoisotopic (exact) mass is 632 g/mol. The normalized spacial score (nSPS) is 42.4. The summed E-state index contributed by atoms with van der Waals surface area (Å²) in [6.07, 6.45) is 11.0. The van der Waals surface area contributed by atoms with Crippen LogP contribution in [0.2, 0.25) is 0 Å². The number of carboxylic acid groups (broad SMARTS) is 1. The first-order valence-electron chi connectivity index (χ1n) is 17.8. The maximum absolute atomic E-state index is 13.4. The number of hydrogen-bond acceptors (Lipinski definition) is 5. The van der Waals surface area contributed by atoms with Gasteiger partial charge in [0.05, 0.1) is 17.7 Å². The molecule has 5 saturated carbocycles. The van der Waals surface area contributed by atoms with Gasteiger partial charge in [-0.25, -0.2) is 9.59 Å². The number of rotatable bonds is 6. The molecule has 0 spiro atoms. The van der Waals surface area contributed by atoms with E-state index in [1.54, 1.807) is 25.1 Å². The van der Waals surface area contributed by atoms with Crippen molar-refractivity contribution < 1.29 is 29.0 Å². The van der Waals surface area contributed by atoms with E-state index in [1.165, 1.54) is 30.9 Å². The molecule has 1 aromatic rings. The van der Waals surface area contributed by atoms with Crippen LogP contribution < -0.4 is 0 Å². The van der Waals surface area contributed by atoms with E-state index >= 15 is 0 Å². The molecule has 0 aliphatic heterocycles. The van der Waals surface area contributed by atoms with Crippen LogP contribution in [0.4, 0.5) is 0 Å². The third kappa shape index (κ3) is 4.73. The predicted molar refractivity (Wildman–Crippen MR) is 178 cm³/mol. The molecule has 0 bridgehead atoms. The van der Waals surface area contributed by atoms with Crippen LogP contribution in [0.5, 0.6) is 0 Å². The van der Waals surface area contributed by atoms with Crippen molar-refractivity contribution in [3.63, 3.8) is 0 Å². The average Bonchev–Trinajstić information content (AvgIpc) is 3.38. The van der Waals surface area contributed by atoms with Crippen molar-refractivity contribution in [1.29, 1.82) is 0 Å². The Morgan fingerprint density at radius 1 is 0.826 bits per heavy atom. The molecule has 0 aromatic heterocycles. The third-order valence-electron chi connectivity index (χ3n) is 15.4. The molecule has 0 amide bonds. The van der Waals surface area contributed by atoms with E-state index in [1.807, 2.05) is 0 Å². The van der Waals surface area contributed by atoms with E-state index in [9.17, 15) is 19.5 Å². The summed E-state index contributed by atoms with van der Waals surface area (Å²) in [6.45, 7) is 21.1. The molecule has 1 aromatic carbocycles. The van der Waals surface area contributed by atoms with Gasteiger partial charge in [-0.2, -0.15) is 0 Å². The Bertz CT molecular complexity index is 1430. The van der Waals surface area contributed by atoms with E-state index < -0.39 is 11.9 Å². The molecular weight excluding hydrogens is 576 g/mol. The number of carboxylic acids is 1. The first-order valence-corrected chi connectivity index (χ1v) is 17.8. The van der Waals surface area contributed by atoms with Gasteiger partial charge in [0.15, 0.2) is 0 Å². The van der Waals surface area contributed by atoms with Gasteiger partial charge in [0.25, 0.3) is 0 Å². The van der Waals surface area contributed by atoms with Crippen molar-refractivity contribution in [3.05, 3.63) is 47.5 Å². The number of ether oxygens (including phenoxy) is 2. The molecule has 6 nitrogen and oxygen atoms in total. The van der Waals surface area contributed by atoms with Crippen LogP contribution in [0.25, 0.3) is 0 Å². The van der Waals surface area contributed by atoms with Gasteiger partial charge >= 0.3 is 17.9 Å². The van der Waals surface area contributed by atoms with E-state index in [0.29, 0.717) is 36.2 Å². The lowest BCUT2D eigenvalue weighted by Gasteiger charge is -2.73. The van der Waals surface area contributed by atoms with E-state index in [4.69, 9.17) is 9.47 Å². The molecule has 5 fully saturated rings. The van der Waals surface area contributed by atoms with Gasteiger partial charge in [0.2, 0.25) is 0 Å². The minimum absolute atomic E-state index is 0.00980. The highest BCUT2D eigenvalue weighted by molar-refractivity contribution is 6.02. The van der Waals surface area contributed by atoms with E-state index in [-0.39, 0.29) is 50.3 Å². The van der Waals surface area contributed by atoms with Crippen molar-refractivity contribution in [2.24, 2.45) is 56.7 Å². The highest BCUT2D eigenvalue weighted by Crippen LogP contribution is 2.77. The van der Waals surface area contributed by atoms with Crippen LogP contribution in [0, 0.1) is 56.7 Å². The van der Waals surface area contributed by atoms with Crippen LogP contribution in [-0.4, -0.2) is 35.7 Å². The molecule has 0 unspecified atom stereocenters. The number of esters is 2. The second-order valence-electron chi connectivity index (χ2n) is 17.4. The fourth-order valence-corrected chi connectivity index (χ4v) is 13.1. The Balaban J connectivity index is 1.30. The molecular formula is C40H56O6. The molecule has 5 aliphatic rings. The summed E-state index contributed by atoms with van der Waals surface area (Å²) in [5, 5.41) is 9.68. The number of benzene rings is 1. The maximum Gasteiger partial charge on any atom is 0.339 e. The molecule has 252 valence electrons. The Morgan fingerprint density at radius 2 is 1.52 bits per heavy atom. The minimum Gasteiger partial charge on any atom is -0.478 e. The number of hydrogen-bond donors (Lipinski definition) is 1. The topological polar surface area (TPSA) is 89.9 Å². The van der Waals surface area contributed by atoms with Crippen LogP contribution in [0.1, 0.15) is 133 Å². The van der Waals surface area contributed by atoms with Crippen LogP contribution in [0.3, 0.4) is 0 Å². The Labute approximate surface area is 276 Å². The average molecular weight is 633 g/mol. The van der Waals surface area contributed by atoms with Gasteiger partial charge in [0.1, 0.15) is 6.10 Å². The second-order valence-corrected chi connectivity index (χ2v) is 17.4.